The lowest BCUT2D eigenvalue weighted by atomic mass is 10.1. The summed E-state index contributed by atoms with van der Waals surface area (Å²) in [7, 11) is 4.78. The zero-order valence-corrected chi connectivity index (χ0v) is 12.3. The van der Waals surface area contributed by atoms with Crippen LogP contribution in [0.5, 0.6) is 17.2 Å². The molecule has 0 saturated carbocycles. The maximum atomic E-state index is 5.93. The number of rotatable bonds is 3. The molecule has 4 heteroatoms. The maximum absolute atomic E-state index is 5.93. The highest BCUT2D eigenvalue weighted by Crippen LogP contribution is 2.30. The quantitative estimate of drug-likeness (QED) is 0.695. The van der Waals surface area contributed by atoms with Gasteiger partial charge >= 0.3 is 0 Å². The zero-order valence-electron chi connectivity index (χ0n) is 12.3. The molecule has 0 saturated heterocycles. The third kappa shape index (κ3) is 3.40. The number of ether oxygens (including phenoxy) is 3. The molecule has 0 amide bonds. The Morgan fingerprint density at radius 2 is 1.48 bits per heavy atom. The molecular weight excluding hydrogens is 266 g/mol. The molecule has 2 N–H and O–H groups in total. The minimum absolute atomic E-state index is 0.496. The molecule has 2 rings (SSSR count). The average molecular weight is 283 g/mol. The van der Waals surface area contributed by atoms with Crippen molar-refractivity contribution in [2.75, 3.05) is 27.1 Å². The second-order valence-electron chi connectivity index (χ2n) is 4.28. The van der Waals surface area contributed by atoms with Crippen molar-refractivity contribution in [3.63, 3.8) is 0 Å². The Bertz CT molecular complexity index is 682. The van der Waals surface area contributed by atoms with Gasteiger partial charge in [-0.3, -0.25) is 0 Å². The Morgan fingerprint density at radius 3 is 2.05 bits per heavy atom. The molecule has 108 valence electrons. The van der Waals surface area contributed by atoms with Crippen LogP contribution >= 0.6 is 0 Å². The molecule has 0 unspecified atom stereocenters. The van der Waals surface area contributed by atoms with Crippen molar-refractivity contribution in [1.82, 2.24) is 0 Å². The molecule has 0 radical (unpaired) electrons. The standard InChI is InChI=1S/C17H17NO3/c1-19-14-8-5-12(6-9-14)4-7-13-10-15(20-2)11-16(18)17(13)21-3/h5-6,8-11H,18H2,1-3H3. The Kier molecular flexibility index (Phi) is 4.57. The van der Waals surface area contributed by atoms with Crippen LogP contribution in [0.15, 0.2) is 36.4 Å². The van der Waals surface area contributed by atoms with Gasteiger partial charge in [-0.15, -0.1) is 0 Å². The first-order valence-corrected chi connectivity index (χ1v) is 6.35. The molecule has 21 heavy (non-hydrogen) atoms. The smallest absolute Gasteiger partial charge is 0.157 e. The van der Waals surface area contributed by atoms with Gasteiger partial charge in [0.1, 0.15) is 11.5 Å². The number of anilines is 1. The van der Waals surface area contributed by atoms with Gasteiger partial charge in [0.25, 0.3) is 0 Å². The lowest BCUT2D eigenvalue weighted by Gasteiger charge is -2.09. The van der Waals surface area contributed by atoms with Crippen LogP contribution in [0, 0.1) is 11.8 Å². The first-order valence-electron chi connectivity index (χ1n) is 6.35. The fourth-order valence-corrected chi connectivity index (χ4v) is 1.88. The van der Waals surface area contributed by atoms with Crippen LogP contribution in [0.1, 0.15) is 11.1 Å². The summed E-state index contributed by atoms with van der Waals surface area (Å²) in [6.45, 7) is 0. The maximum Gasteiger partial charge on any atom is 0.157 e. The third-order valence-electron chi connectivity index (χ3n) is 2.96. The van der Waals surface area contributed by atoms with Gasteiger partial charge in [-0.2, -0.15) is 0 Å². The van der Waals surface area contributed by atoms with Gasteiger partial charge in [-0.25, -0.2) is 0 Å². The van der Waals surface area contributed by atoms with Crippen molar-refractivity contribution in [2.45, 2.75) is 0 Å². The first-order chi connectivity index (χ1) is 10.2. The first kappa shape index (κ1) is 14.6. The Hall–Kier alpha value is -2.80. The predicted molar refractivity (Wildman–Crippen MR) is 82.9 cm³/mol. The number of benzene rings is 2. The molecule has 0 spiro atoms. The number of methoxy groups -OCH3 is 3. The number of hydrogen-bond donors (Lipinski definition) is 1. The zero-order chi connectivity index (χ0) is 15.2. The molecule has 0 aromatic heterocycles. The lowest BCUT2D eigenvalue weighted by Crippen LogP contribution is -1.97. The highest BCUT2D eigenvalue weighted by molar-refractivity contribution is 5.65. The van der Waals surface area contributed by atoms with Gasteiger partial charge in [0.05, 0.1) is 32.6 Å². The van der Waals surface area contributed by atoms with Gasteiger partial charge in [0.2, 0.25) is 0 Å². The molecule has 0 atom stereocenters. The van der Waals surface area contributed by atoms with Gasteiger partial charge in [-0.05, 0) is 30.3 Å². The topological polar surface area (TPSA) is 53.7 Å². The van der Waals surface area contributed by atoms with Crippen LogP contribution < -0.4 is 19.9 Å². The SMILES string of the molecule is COc1ccc(C#Cc2cc(OC)cc(N)c2OC)cc1. The summed E-state index contributed by atoms with van der Waals surface area (Å²) in [6.07, 6.45) is 0. The van der Waals surface area contributed by atoms with Crippen LogP contribution in [-0.2, 0) is 0 Å². The Morgan fingerprint density at radius 1 is 0.810 bits per heavy atom. The average Bonchev–Trinajstić information content (AvgIpc) is 2.52. The molecule has 0 aliphatic carbocycles. The summed E-state index contributed by atoms with van der Waals surface area (Å²) in [4.78, 5) is 0. The van der Waals surface area contributed by atoms with E-state index in [2.05, 4.69) is 11.8 Å². The molecule has 2 aromatic carbocycles. The molecular formula is C17H17NO3. The van der Waals surface area contributed by atoms with E-state index in [1.807, 2.05) is 24.3 Å². The Balaban J connectivity index is 2.38. The van der Waals surface area contributed by atoms with Crippen LogP contribution in [-0.4, -0.2) is 21.3 Å². The van der Waals surface area contributed by atoms with E-state index in [4.69, 9.17) is 19.9 Å². The minimum Gasteiger partial charge on any atom is -0.497 e. The van der Waals surface area contributed by atoms with E-state index in [9.17, 15) is 0 Å². The normalized spacial score (nSPS) is 9.48. The van der Waals surface area contributed by atoms with Crippen LogP contribution in [0.2, 0.25) is 0 Å². The summed E-state index contributed by atoms with van der Waals surface area (Å²) in [5.41, 5.74) is 7.98. The number of nitrogen functional groups attached to an aromatic ring is 1. The second-order valence-corrected chi connectivity index (χ2v) is 4.28. The van der Waals surface area contributed by atoms with E-state index >= 15 is 0 Å². The molecule has 0 heterocycles. The summed E-state index contributed by atoms with van der Waals surface area (Å²) in [5.74, 6) is 8.12. The van der Waals surface area contributed by atoms with Crippen molar-refractivity contribution >= 4 is 5.69 Å². The van der Waals surface area contributed by atoms with E-state index in [1.54, 1.807) is 33.5 Å². The summed E-state index contributed by atoms with van der Waals surface area (Å²) in [6, 6.07) is 11.0. The second kappa shape index (κ2) is 6.58. The van der Waals surface area contributed by atoms with Crippen LogP contribution in [0.4, 0.5) is 5.69 Å². The third-order valence-corrected chi connectivity index (χ3v) is 2.96. The fourth-order valence-electron chi connectivity index (χ4n) is 1.88. The van der Waals surface area contributed by atoms with Gasteiger partial charge < -0.3 is 19.9 Å². The highest BCUT2D eigenvalue weighted by atomic mass is 16.5. The van der Waals surface area contributed by atoms with Gasteiger partial charge in [0, 0.05) is 11.6 Å². The number of nitrogens with two attached hydrogens (primary N) is 1. The lowest BCUT2D eigenvalue weighted by molar-refractivity contribution is 0.404. The van der Waals surface area contributed by atoms with Crippen LogP contribution in [0.3, 0.4) is 0 Å². The van der Waals surface area contributed by atoms with E-state index < -0.39 is 0 Å². The molecule has 0 fully saturated rings. The largest absolute Gasteiger partial charge is 0.497 e. The molecule has 0 bridgehead atoms. The van der Waals surface area contributed by atoms with Crippen molar-refractivity contribution in [1.29, 1.82) is 0 Å². The fraction of sp³-hybridized carbons (Fsp3) is 0.176. The molecule has 2 aromatic rings. The van der Waals surface area contributed by atoms with Crippen LogP contribution in [0.25, 0.3) is 0 Å². The Labute approximate surface area is 124 Å². The highest BCUT2D eigenvalue weighted by Gasteiger charge is 2.08. The minimum atomic E-state index is 0.496. The van der Waals surface area contributed by atoms with Gasteiger partial charge in [-0.1, -0.05) is 11.8 Å². The van der Waals surface area contributed by atoms with E-state index in [-0.39, 0.29) is 0 Å². The predicted octanol–water partition coefficient (Wildman–Crippen LogP) is 2.69. The molecule has 0 aliphatic heterocycles. The number of hydrogen-bond acceptors (Lipinski definition) is 4. The van der Waals surface area contributed by atoms with Crippen molar-refractivity contribution in [2.24, 2.45) is 0 Å². The van der Waals surface area contributed by atoms with Crippen molar-refractivity contribution in [3.05, 3.63) is 47.5 Å². The summed E-state index contributed by atoms with van der Waals surface area (Å²) < 4.78 is 15.6. The molecule has 4 nitrogen and oxygen atoms in total. The van der Waals surface area contributed by atoms with Crippen molar-refractivity contribution < 1.29 is 14.2 Å². The van der Waals surface area contributed by atoms with Crippen molar-refractivity contribution in [3.8, 4) is 29.1 Å². The van der Waals surface area contributed by atoms with E-state index in [1.165, 1.54) is 0 Å². The molecule has 0 aliphatic rings. The van der Waals surface area contributed by atoms with E-state index in [0.717, 1.165) is 11.3 Å². The summed E-state index contributed by atoms with van der Waals surface area (Å²) in [5, 5.41) is 0. The monoisotopic (exact) mass is 283 g/mol. The van der Waals surface area contributed by atoms with Gasteiger partial charge in [0.15, 0.2) is 5.75 Å². The summed E-state index contributed by atoms with van der Waals surface area (Å²) >= 11 is 0. The van der Waals surface area contributed by atoms with E-state index in [0.29, 0.717) is 22.7 Å².